The third-order valence-corrected chi connectivity index (χ3v) is 1.71. The Labute approximate surface area is 74.5 Å². The molecule has 0 unspecified atom stereocenters. The molecule has 0 radical (unpaired) electrons. The van der Waals surface area contributed by atoms with Gasteiger partial charge in [-0.3, -0.25) is 0 Å². The molecule has 1 aromatic heterocycles. The van der Waals surface area contributed by atoms with Crippen molar-refractivity contribution in [3.05, 3.63) is 10.8 Å². The molecule has 1 aromatic rings. The second kappa shape index (κ2) is 3.76. The second-order valence-corrected chi connectivity index (χ2v) is 2.88. The van der Waals surface area contributed by atoms with Crippen LogP contribution in [0.4, 0.5) is 0 Å². The molecular formula is C7H11BrN2O. The summed E-state index contributed by atoms with van der Waals surface area (Å²) in [5, 5.41) is 0. The van der Waals surface area contributed by atoms with Crippen LogP contribution in [0.2, 0.25) is 0 Å². The SMILES string of the molecule is CCOc1nc(Br)cn1CC. The molecular weight excluding hydrogens is 208 g/mol. The van der Waals surface area contributed by atoms with Crippen molar-refractivity contribution in [3.8, 4) is 6.01 Å². The third kappa shape index (κ3) is 1.96. The predicted molar refractivity (Wildman–Crippen MR) is 46.8 cm³/mol. The first-order valence-corrected chi connectivity index (χ1v) is 4.42. The van der Waals surface area contributed by atoms with E-state index in [9.17, 15) is 0 Å². The lowest BCUT2D eigenvalue weighted by atomic mass is 10.7. The van der Waals surface area contributed by atoms with Crippen molar-refractivity contribution in [2.45, 2.75) is 20.4 Å². The largest absolute Gasteiger partial charge is 0.465 e. The molecule has 0 saturated carbocycles. The molecule has 1 heterocycles. The van der Waals surface area contributed by atoms with Crippen LogP contribution in [0, 0.1) is 0 Å². The van der Waals surface area contributed by atoms with Crippen molar-refractivity contribution in [1.82, 2.24) is 9.55 Å². The van der Waals surface area contributed by atoms with Crippen molar-refractivity contribution in [1.29, 1.82) is 0 Å². The minimum atomic E-state index is 0.656. The zero-order chi connectivity index (χ0) is 8.27. The van der Waals surface area contributed by atoms with Crippen molar-refractivity contribution in [2.24, 2.45) is 0 Å². The first kappa shape index (κ1) is 8.59. The number of aromatic nitrogens is 2. The maximum Gasteiger partial charge on any atom is 0.297 e. The fourth-order valence-corrected chi connectivity index (χ4v) is 1.24. The van der Waals surface area contributed by atoms with Gasteiger partial charge in [-0.1, -0.05) is 0 Å². The summed E-state index contributed by atoms with van der Waals surface area (Å²) in [7, 11) is 0. The molecule has 0 atom stereocenters. The maximum atomic E-state index is 5.27. The van der Waals surface area contributed by atoms with E-state index in [0.717, 1.165) is 11.1 Å². The summed E-state index contributed by atoms with van der Waals surface area (Å²) in [5.41, 5.74) is 0. The molecule has 0 aliphatic carbocycles. The van der Waals surface area contributed by atoms with E-state index in [1.54, 1.807) is 0 Å². The van der Waals surface area contributed by atoms with Gasteiger partial charge in [0, 0.05) is 12.7 Å². The molecule has 0 fully saturated rings. The molecule has 0 amide bonds. The molecule has 3 nitrogen and oxygen atoms in total. The van der Waals surface area contributed by atoms with Crippen molar-refractivity contribution in [2.75, 3.05) is 6.61 Å². The van der Waals surface area contributed by atoms with Crippen LogP contribution in [0.5, 0.6) is 6.01 Å². The topological polar surface area (TPSA) is 27.1 Å². The molecule has 1 rings (SSSR count). The van der Waals surface area contributed by atoms with Crippen LogP contribution in [0.3, 0.4) is 0 Å². The lowest BCUT2D eigenvalue weighted by Gasteiger charge is -2.02. The number of imidazole rings is 1. The Morgan fingerprint density at radius 3 is 2.91 bits per heavy atom. The van der Waals surface area contributed by atoms with Gasteiger partial charge >= 0.3 is 0 Å². The molecule has 4 heteroatoms. The summed E-state index contributed by atoms with van der Waals surface area (Å²) in [4.78, 5) is 4.13. The Morgan fingerprint density at radius 1 is 1.64 bits per heavy atom. The van der Waals surface area contributed by atoms with Crippen molar-refractivity contribution in [3.63, 3.8) is 0 Å². The van der Waals surface area contributed by atoms with Crippen LogP contribution in [-0.2, 0) is 6.54 Å². The van der Waals surface area contributed by atoms with E-state index in [2.05, 4.69) is 27.8 Å². The minimum absolute atomic E-state index is 0.656. The molecule has 0 spiro atoms. The second-order valence-electron chi connectivity index (χ2n) is 2.07. The van der Waals surface area contributed by atoms with Gasteiger partial charge in [0.2, 0.25) is 0 Å². The van der Waals surface area contributed by atoms with Gasteiger partial charge in [-0.05, 0) is 29.8 Å². The van der Waals surface area contributed by atoms with E-state index in [0.29, 0.717) is 12.6 Å². The molecule has 62 valence electrons. The van der Waals surface area contributed by atoms with Crippen LogP contribution >= 0.6 is 15.9 Å². The molecule has 0 N–H and O–H groups in total. The number of halogens is 1. The number of ether oxygens (including phenoxy) is 1. The zero-order valence-corrected chi connectivity index (χ0v) is 8.26. The fourth-order valence-electron chi connectivity index (χ4n) is 0.839. The Bertz CT molecular complexity index is 234. The van der Waals surface area contributed by atoms with E-state index < -0.39 is 0 Å². The van der Waals surface area contributed by atoms with Gasteiger partial charge < -0.3 is 9.30 Å². The zero-order valence-electron chi connectivity index (χ0n) is 6.67. The monoisotopic (exact) mass is 218 g/mol. The smallest absolute Gasteiger partial charge is 0.297 e. The van der Waals surface area contributed by atoms with Gasteiger partial charge in [-0.25, -0.2) is 0 Å². The summed E-state index contributed by atoms with van der Waals surface area (Å²) >= 11 is 3.28. The standard InChI is InChI=1S/C7H11BrN2O/c1-3-10-5-6(8)9-7(10)11-4-2/h5H,3-4H2,1-2H3. The Morgan fingerprint density at radius 2 is 2.36 bits per heavy atom. The fraction of sp³-hybridized carbons (Fsp3) is 0.571. The number of aryl methyl sites for hydroxylation is 1. The van der Waals surface area contributed by atoms with E-state index in [-0.39, 0.29) is 0 Å². The van der Waals surface area contributed by atoms with E-state index in [1.165, 1.54) is 0 Å². The van der Waals surface area contributed by atoms with E-state index >= 15 is 0 Å². The normalized spacial score (nSPS) is 10.1. The van der Waals surface area contributed by atoms with Crippen LogP contribution in [0.25, 0.3) is 0 Å². The molecule has 11 heavy (non-hydrogen) atoms. The van der Waals surface area contributed by atoms with Gasteiger partial charge in [0.25, 0.3) is 6.01 Å². The Balaban J connectivity index is 2.83. The van der Waals surface area contributed by atoms with Gasteiger partial charge in [0.1, 0.15) is 4.60 Å². The number of hydrogen-bond donors (Lipinski definition) is 0. The Kier molecular flexibility index (Phi) is 2.93. The first-order chi connectivity index (χ1) is 5.27. The van der Waals surface area contributed by atoms with Gasteiger partial charge in [-0.2, -0.15) is 4.98 Å². The average molecular weight is 219 g/mol. The number of nitrogens with zero attached hydrogens (tertiary/aromatic N) is 2. The highest BCUT2D eigenvalue weighted by molar-refractivity contribution is 9.10. The highest BCUT2D eigenvalue weighted by Gasteiger charge is 2.03. The molecule has 0 aromatic carbocycles. The van der Waals surface area contributed by atoms with Crippen LogP contribution in [0.15, 0.2) is 10.8 Å². The average Bonchev–Trinajstić information content (AvgIpc) is 2.32. The Hall–Kier alpha value is -0.510. The van der Waals surface area contributed by atoms with Gasteiger partial charge in [-0.15, -0.1) is 0 Å². The minimum Gasteiger partial charge on any atom is -0.465 e. The molecule has 0 aliphatic heterocycles. The lowest BCUT2D eigenvalue weighted by molar-refractivity contribution is 0.297. The summed E-state index contributed by atoms with van der Waals surface area (Å²) in [6, 6.07) is 0.682. The number of rotatable bonds is 3. The molecule has 0 bridgehead atoms. The van der Waals surface area contributed by atoms with E-state index in [4.69, 9.17) is 4.74 Å². The van der Waals surface area contributed by atoms with Crippen LogP contribution in [0.1, 0.15) is 13.8 Å². The highest BCUT2D eigenvalue weighted by Crippen LogP contribution is 2.15. The molecule has 0 saturated heterocycles. The van der Waals surface area contributed by atoms with Crippen molar-refractivity contribution >= 4 is 15.9 Å². The van der Waals surface area contributed by atoms with E-state index in [1.807, 2.05) is 17.7 Å². The van der Waals surface area contributed by atoms with Crippen molar-refractivity contribution < 1.29 is 4.74 Å². The predicted octanol–water partition coefficient (Wildman–Crippen LogP) is 2.06. The summed E-state index contributed by atoms with van der Waals surface area (Å²) in [6.45, 7) is 5.54. The summed E-state index contributed by atoms with van der Waals surface area (Å²) < 4.78 is 8.04. The van der Waals surface area contributed by atoms with Crippen LogP contribution in [-0.4, -0.2) is 16.2 Å². The van der Waals surface area contributed by atoms with Gasteiger partial charge in [0.15, 0.2) is 0 Å². The van der Waals surface area contributed by atoms with Crippen LogP contribution < -0.4 is 4.74 Å². The number of hydrogen-bond acceptors (Lipinski definition) is 2. The lowest BCUT2D eigenvalue weighted by Crippen LogP contribution is -2.00. The first-order valence-electron chi connectivity index (χ1n) is 3.63. The van der Waals surface area contributed by atoms with Gasteiger partial charge in [0.05, 0.1) is 6.61 Å². The molecule has 0 aliphatic rings. The highest BCUT2D eigenvalue weighted by atomic mass is 79.9. The summed E-state index contributed by atoms with van der Waals surface area (Å²) in [6.07, 6.45) is 1.91. The quantitative estimate of drug-likeness (QED) is 0.777. The summed E-state index contributed by atoms with van der Waals surface area (Å²) in [5.74, 6) is 0. The maximum absolute atomic E-state index is 5.27. The third-order valence-electron chi connectivity index (χ3n) is 1.32.